The molecule has 0 aliphatic carbocycles. The summed E-state index contributed by atoms with van der Waals surface area (Å²) < 4.78 is 33.4. The topological polar surface area (TPSA) is 99.2 Å². The maximum Gasteiger partial charge on any atom is 0.307 e. The molecule has 0 bridgehead atoms. The quantitative estimate of drug-likeness (QED) is 0.648. The molecule has 0 spiro atoms. The van der Waals surface area contributed by atoms with Crippen LogP contribution in [-0.4, -0.2) is 81.2 Å². The smallest absolute Gasteiger partial charge is 0.307 e. The highest BCUT2D eigenvalue weighted by Crippen LogP contribution is 2.18. The maximum atomic E-state index is 12.2. The molecule has 2 heterocycles. The highest BCUT2D eigenvalue weighted by Gasteiger charge is 2.31. The van der Waals surface area contributed by atoms with Gasteiger partial charge in [0.2, 0.25) is 0 Å². The largest absolute Gasteiger partial charge is 0.481 e. The molecule has 0 aromatic carbocycles. The van der Waals surface area contributed by atoms with Gasteiger partial charge in [-0.15, -0.1) is 0 Å². The molecule has 0 amide bonds. The van der Waals surface area contributed by atoms with Crippen LogP contribution in [0.15, 0.2) is 0 Å². The van der Waals surface area contributed by atoms with Crippen LogP contribution in [-0.2, 0) is 19.7 Å². The van der Waals surface area contributed by atoms with Crippen molar-refractivity contribution in [2.75, 3.05) is 52.5 Å². The number of rotatable bonds is 6. The number of aliphatic carboxylic acids is 1. The minimum Gasteiger partial charge on any atom is -0.481 e. The van der Waals surface area contributed by atoms with Crippen LogP contribution in [0.1, 0.15) is 12.8 Å². The van der Waals surface area contributed by atoms with Gasteiger partial charge in [0.05, 0.1) is 19.1 Å². The standard InChI is InChI=1S/C12H23N3O5S/c16-12(17)11-2-1-4-15(10-11)21(18,19)13-3-5-14-6-8-20-9-7-14/h11,13H,1-10H2,(H,16,17). The number of nitrogens with zero attached hydrogens (tertiary/aromatic N) is 2. The van der Waals surface area contributed by atoms with Crippen LogP contribution >= 0.6 is 0 Å². The first-order chi connectivity index (χ1) is 9.99. The fourth-order valence-electron chi connectivity index (χ4n) is 2.61. The molecule has 0 radical (unpaired) electrons. The normalized spacial score (nSPS) is 25.8. The van der Waals surface area contributed by atoms with Gasteiger partial charge < -0.3 is 9.84 Å². The predicted molar refractivity (Wildman–Crippen MR) is 76.1 cm³/mol. The molecular formula is C12H23N3O5S. The van der Waals surface area contributed by atoms with Gasteiger partial charge in [0.15, 0.2) is 0 Å². The number of carbonyl (C=O) groups is 1. The Morgan fingerprint density at radius 3 is 2.67 bits per heavy atom. The molecule has 2 saturated heterocycles. The first-order valence-corrected chi connectivity index (χ1v) is 8.71. The number of hydrogen-bond acceptors (Lipinski definition) is 5. The van der Waals surface area contributed by atoms with Gasteiger partial charge in [-0.05, 0) is 12.8 Å². The van der Waals surface area contributed by atoms with E-state index in [1.165, 1.54) is 4.31 Å². The summed E-state index contributed by atoms with van der Waals surface area (Å²) >= 11 is 0. The van der Waals surface area contributed by atoms with Crippen molar-refractivity contribution in [2.24, 2.45) is 5.92 Å². The number of carboxylic acids is 1. The van der Waals surface area contributed by atoms with Crippen LogP contribution < -0.4 is 4.72 Å². The van der Waals surface area contributed by atoms with Crippen LogP contribution in [0.3, 0.4) is 0 Å². The third-order valence-corrected chi connectivity index (χ3v) is 5.47. The van der Waals surface area contributed by atoms with E-state index in [0.29, 0.717) is 45.7 Å². The molecule has 21 heavy (non-hydrogen) atoms. The third-order valence-electron chi connectivity index (χ3n) is 3.89. The molecule has 0 aromatic heterocycles. The van der Waals surface area contributed by atoms with E-state index in [0.717, 1.165) is 13.1 Å². The van der Waals surface area contributed by atoms with Crippen LogP contribution in [0.4, 0.5) is 0 Å². The second-order valence-electron chi connectivity index (χ2n) is 5.39. The Kier molecular flexibility index (Phi) is 5.94. The maximum absolute atomic E-state index is 12.2. The van der Waals surface area contributed by atoms with Gasteiger partial charge in [0.25, 0.3) is 10.2 Å². The average molecular weight is 321 g/mol. The van der Waals surface area contributed by atoms with Crippen LogP contribution in [0.25, 0.3) is 0 Å². The van der Waals surface area contributed by atoms with E-state index in [9.17, 15) is 13.2 Å². The van der Waals surface area contributed by atoms with Crippen molar-refractivity contribution in [1.29, 1.82) is 0 Å². The Hall–Kier alpha value is -0.740. The average Bonchev–Trinajstić information content (AvgIpc) is 2.48. The number of hydrogen-bond donors (Lipinski definition) is 2. The van der Waals surface area contributed by atoms with E-state index in [2.05, 4.69) is 9.62 Å². The Morgan fingerprint density at radius 2 is 2.00 bits per heavy atom. The Morgan fingerprint density at radius 1 is 1.29 bits per heavy atom. The Labute approximate surface area is 125 Å². The molecule has 8 nitrogen and oxygen atoms in total. The monoisotopic (exact) mass is 321 g/mol. The predicted octanol–water partition coefficient (Wildman–Crippen LogP) is -1.05. The van der Waals surface area contributed by atoms with E-state index in [1.807, 2.05) is 0 Å². The molecule has 9 heteroatoms. The summed E-state index contributed by atoms with van der Waals surface area (Å²) in [5.74, 6) is -1.53. The summed E-state index contributed by atoms with van der Waals surface area (Å²) in [6, 6.07) is 0. The van der Waals surface area contributed by atoms with Gasteiger partial charge in [-0.1, -0.05) is 0 Å². The molecule has 1 unspecified atom stereocenters. The molecule has 2 aliphatic heterocycles. The highest BCUT2D eigenvalue weighted by molar-refractivity contribution is 7.87. The second-order valence-corrected chi connectivity index (χ2v) is 7.14. The van der Waals surface area contributed by atoms with Gasteiger partial charge in [-0.3, -0.25) is 9.69 Å². The zero-order chi connectivity index (χ0) is 15.3. The number of ether oxygens (including phenoxy) is 1. The fraction of sp³-hybridized carbons (Fsp3) is 0.917. The van der Waals surface area contributed by atoms with E-state index in [1.54, 1.807) is 0 Å². The van der Waals surface area contributed by atoms with Gasteiger partial charge in [0.1, 0.15) is 0 Å². The summed E-state index contributed by atoms with van der Waals surface area (Å²) in [7, 11) is -3.59. The lowest BCUT2D eigenvalue weighted by Crippen LogP contribution is -2.49. The minimum absolute atomic E-state index is 0.0578. The van der Waals surface area contributed by atoms with Gasteiger partial charge >= 0.3 is 5.97 Å². The van der Waals surface area contributed by atoms with Crippen LogP contribution in [0, 0.1) is 5.92 Å². The van der Waals surface area contributed by atoms with Crippen molar-refractivity contribution in [3.63, 3.8) is 0 Å². The Bertz CT molecular complexity index is 450. The molecule has 2 fully saturated rings. The zero-order valence-electron chi connectivity index (χ0n) is 12.0. The van der Waals surface area contributed by atoms with E-state index < -0.39 is 22.1 Å². The van der Waals surface area contributed by atoms with Crippen molar-refractivity contribution < 1.29 is 23.1 Å². The Balaban J connectivity index is 1.79. The van der Waals surface area contributed by atoms with Crippen molar-refractivity contribution in [3.05, 3.63) is 0 Å². The third kappa shape index (κ3) is 4.89. The van der Waals surface area contributed by atoms with E-state index in [4.69, 9.17) is 9.84 Å². The van der Waals surface area contributed by atoms with Crippen molar-refractivity contribution in [2.45, 2.75) is 12.8 Å². The number of morpholine rings is 1. The summed E-state index contributed by atoms with van der Waals surface area (Å²) in [5, 5.41) is 9.01. The summed E-state index contributed by atoms with van der Waals surface area (Å²) in [6.07, 6.45) is 1.12. The minimum atomic E-state index is -3.59. The highest BCUT2D eigenvalue weighted by atomic mass is 32.2. The van der Waals surface area contributed by atoms with Crippen molar-refractivity contribution >= 4 is 16.2 Å². The number of carboxylic acid groups (broad SMARTS) is 1. The molecule has 2 rings (SSSR count). The van der Waals surface area contributed by atoms with E-state index >= 15 is 0 Å². The molecule has 0 aromatic rings. The molecule has 122 valence electrons. The second kappa shape index (κ2) is 7.50. The summed E-state index contributed by atoms with van der Waals surface area (Å²) in [4.78, 5) is 13.1. The van der Waals surface area contributed by atoms with Crippen LogP contribution in [0.5, 0.6) is 0 Å². The first-order valence-electron chi connectivity index (χ1n) is 7.26. The molecule has 1 atom stereocenters. The van der Waals surface area contributed by atoms with Crippen molar-refractivity contribution in [1.82, 2.24) is 13.9 Å². The van der Waals surface area contributed by atoms with Crippen molar-refractivity contribution in [3.8, 4) is 0 Å². The summed E-state index contributed by atoms with van der Waals surface area (Å²) in [5.41, 5.74) is 0. The van der Waals surface area contributed by atoms with E-state index in [-0.39, 0.29) is 6.54 Å². The van der Waals surface area contributed by atoms with Gasteiger partial charge in [-0.2, -0.15) is 12.7 Å². The zero-order valence-corrected chi connectivity index (χ0v) is 12.8. The lowest BCUT2D eigenvalue weighted by Gasteiger charge is -2.30. The van der Waals surface area contributed by atoms with Gasteiger partial charge in [-0.25, -0.2) is 4.72 Å². The molecule has 0 saturated carbocycles. The lowest BCUT2D eigenvalue weighted by atomic mass is 10.0. The molecule has 2 N–H and O–H groups in total. The lowest BCUT2D eigenvalue weighted by molar-refractivity contribution is -0.142. The SMILES string of the molecule is O=C(O)C1CCCN(S(=O)(=O)NCCN2CCOCC2)C1. The molecule has 2 aliphatic rings. The number of nitrogens with one attached hydrogen (secondary N) is 1. The number of piperidine rings is 1. The van der Waals surface area contributed by atoms with Crippen LogP contribution in [0.2, 0.25) is 0 Å². The van der Waals surface area contributed by atoms with Gasteiger partial charge in [0, 0.05) is 39.3 Å². The summed E-state index contributed by atoms with van der Waals surface area (Å²) in [6.45, 7) is 4.39. The first kappa shape index (κ1) is 16.6. The fourth-order valence-corrected chi connectivity index (χ4v) is 3.89. The molecular weight excluding hydrogens is 298 g/mol.